The molecular weight excluding hydrogens is 246 g/mol. The van der Waals surface area contributed by atoms with Gasteiger partial charge >= 0.3 is 0 Å². The number of piperazine rings is 1. The first-order valence-electron chi connectivity index (χ1n) is 6.97. The second-order valence-corrected chi connectivity index (χ2v) is 6.11. The summed E-state index contributed by atoms with van der Waals surface area (Å²) in [4.78, 5) is 2.29. The Hall–Kier alpha value is -1.00. The van der Waals surface area contributed by atoms with Crippen LogP contribution in [0.1, 0.15) is 25.3 Å². The van der Waals surface area contributed by atoms with Crippen LogP contribution in [0.15, 0.2) is 18.2 Å². The topological polar surface area (TPSA) is 15.3 Å². The first-order chi connectivity index (χ1) is 9.05. The Labute approximate surface area is 112 Å². The van der Waals surface area contributed by atoms with Gasteiger partial charge in [0.1, 0.15) is 11.6 Å². The van der Waals surface area contributed by atoms with E-state index < -0.39 is 11.6 Å². The van der Waals surface area contributed by atoms with E-state index in [1.165, 1.54) is 25.0 Å². The molecule has 1 saturated heterocycles. The molecule has 1 atom stereocenters. The average Bonchev–Trinajstić information content (AvgIpc) is 3.11. The Kier molecular flexibility index (Phi) is 3.31. The van der Waals surface area contributed by atoms with Gasteiger partial charge in [-0.2, -0.15) is 0 Å². The third-order valence-corrected chi connectivity index (χ3v) is 4.32. The van der Waals surface area contributed by atoms with Crippen molar-refractivity contribution in [2.24, 2.45) is 5.92 Å². The summed E-state index contributed by atoms with van der Waals surface area (Å²) in [6.07, 6.45) is 2.60. The third-order valence-electron chi connectivity index (χ3n) is 4.32. The lowest BCUT2D eigenvalue weighted by Crippen LogP contribution is -2.59. The molecule has 2 aliphatic rings. The molecule has 1 aromatic carbocycles. The van der Waals surface area contributed by atoms with E-state index in [9.17, 15) is 8.78 Å². The lowest BCUT2D eigenvalue weighted by atomic mass is 9.92. The predicted molar refractivity (Wildman–Crippen MR) is 70.8 cm³/mol. The second-order valence-electron chi connectivity index (χ2n) is 6.11. The van der Waals surface area contributed by atoms with Crippen molar-refractivity contribution in [3.05, 3.63) is 35.4 Å². The van der Waals surface area contributed by atoms with Crippen molar-refractivity contribution >= 4 is 0 Å². The molecule has 2 fully saturated rings. The number of rotatable bonds is 3. The largest absolute Gasteiger partial charge is 0.309 e. The van der Waals surface area contributed by atoms with E-state index in [0.29, 0.717) is 6.54 Å². The zero-order valence-corrected chi connectivity index (χ0v) is 11.3. The van der Waals surface area contributed by atoms with E-state index in [0.717, 1.165) is 37.2 Å². The summed E-state index contributed by atoms with van der Waals surface area (Å²) in [6.45, 7) is 5.72. The van der Waals surface area contributed by atoms with E-state index in [-0.39, 0.29) is 5.54 Å². The minimum atomic E-state index is -0.491. The monoisotopic (exact) mass is 266 g/mol. The highest BCUT2D eigenvalue weighted by atomic mass is 19.1. The first-order valence-corrected chi connectivity index (χ1v) is 6.97. The Morgan fingerprint density at radius 3 is 2.58 bits per heavy atom. The van der Waals surface area contributed by atoms with Gasteiger partial charge in [-0.15, -0.1) is 0 Å². The van der Waals surface area contributed by atoms with Crippen LogP contribution < -0.4 is 5.32 Å². The molecule has 19 heavy (non-hydrogen) atoms. The molecule has 1 aliphatic carbocycles. The van der Waals surface area contributed by atoms with Gasteiger partial charge in [-0.25, -0.2) is 8.78 Å². The molecule has 2 nitrogen and oxygen atoms in total. The molecule has 0 amide bonds. The summed E-state index contributed by atoms with van der Waals surface area (Å²) in [6, 6.07) is 3.79. The molecule has 0 radical (unpaired) electrons. The van der Waals surface area contributed by atoms with E-state index in [2.05, 4.69) is 17.1 Å². The number of hydrogen-bond donors (Lipinski definition) is 1. The summed E-state index contributed by atoms with van der Waals surface area (Å²) >= 11 is 0. The van der Waals surface area contributed by atoms with E-state index in [1.807, 2.05) is 0 Å². The van der Waals surface area contributed by atoms with Crippen molar-refractivity contribution in [3.63, 3.8) is 0 Å². The van der Waals surface area contributed by atoms with Crippen molar-refractivity contribution in [3.8, 4) is 0 Å². The average molecular weight is 266 g/mol. The zero-order chi connectivity index (χ0) is 13.5. The molecule has 1 N–H and O–H groups in total. The molecule has 0 aromatic heterocycles. The maximum absolute atomic E-state index is 13.2. The van der Waals surface area contributed by atoms with Crippen LogP contribution in [0.2, 0.25) is 0 Å². The van der Waals surface area contributed by atoms with Crippen molar-refractivity contribution in [1.29, 1.82) is 0 Å². The van der Waals surface area contributed by atoms with Crippen molar-refractivity contribution in [2.75, 3.05) is 19.6 Å². The smallest absolute Gasteiger partial charge is 0.126 e. The van der Waals surface area contributed by atoms with Gasteiger partial charge in [0.25, 0.3) is 0 Å². The van der Waals surface area contributed by atoms with Gasteiger partial charge < -0.3 is 5.32 Å². The van der Waals surface area contributed by atoms with E-state index in [4.69, 9.17) is 0 Å². The highest BCUT2D eigenvalue weighted by molar-refractivity contribution is 5.18. The maximum Gasteiger partial charge on any atom is 0.126 e. The normalized spacial score (nSPS) is 28.6. The molecular formula is C15H20F2N2. The molecule has 1 saturated carbocycles. The van der Waals surface area contributed by atoms with Gasteiger partial charge in [0, 0.05) is 37.8 Å². The Morgan fingerprint density at radius 2 is 1.95 bits per heavy atom. The highest BCUT2D eigenvalue weighted by Crippen LogP contribution is 2.40. The SMILES string of the molecule is CC1(C2CC2)CN(Cc2cc(F)cc(F)c2)CCN1. The summed E-state index contributed by atoms with van der Waals surface area (Å²) in [5, 5.41) is 3.61. The molecule has 1 aromatic rings. The summed E-state index contributed by atoms with van der Waals surface area (Å²) < 4.78 is 26.4. The van der Waals surface area contributed by atoms with Gasteiger partial charge in [-0.3, -0.25) is 4.90 Å². The van der Waals surface area contributed by atoms with Crippen molar-refractivity contribution in [2.45, 2.75) is 31.8 Å². The maximum atomic E-state index is 13.2. The van der Waals surface area contributed by atoms with Gasteiger partial charge in [0.15, 0.2) is 0 Å². The van der Waals surface area contributed by atoms with Crippen molar-refractivity contribution in [1.82, 2.24) is 10.2 Å². The van der Waals surface area contributed by atoms with Gasteiger partial charge in [0.2, 0.25) is 0 Å². The minimum absolute atomic E-state index is 0.171. The fraction of sp³-hybridized carbons (Fsp3) is 0.600. The van der Waals surface area contributed by atoms with Crippen LogP contribution in [0.4, 0.5) is 8.78 Å². The lowest BCUT2D eigenvalue weighted by molar-refractivity contribution is 0.121. The minimum Gasteiger partial charge on any atom is -0.309 e. The van der Waals surface area contributed by atoms with Crippen molar-refractivity contribution < 1.29 is 8.78 Å². The zero-order valence-electron chi connectivity index (χ0n) is 11.3. The number of hydrogen-bond acceptors (Lipinski definition) is 2. The number of benzene rings is 1. The molecule has 1 unspecified atom stereocenters. The van der Waals surface area contributed by atoms with Crippen LogP contribution in [0.3, 0.4) is 0 Å². The van der Waals surface area contributed by atoms with E-state index in [1.54, 1.807) is 0 Å². The summed E-state index contributed by atoms with van der Waals surface area (Å²) in [5.41, 5.74) is 0.891. The first kappa shape index (κ1) is 13.0. The van der Waals surface area contributed by atoms with Crippen LogP contribution in [0.5, 0.6) is 0 Å². The Morgan fingerprint density at radius 1 is 1.26 bits per heavy atom. The fourth-order valence-electron chi connectivity index (χ4n) is 3.19. The number of nitrogens with zero attached hydrogens (tertiary/aromatic N) is 1. The molecule has 0 spiro atoms. The van der Waals surface area contributed by atoms with E-state index >= 15 is 0 Å². The standard InChI is InChI=1S/C15H20F2N2/c1-15(12-2-3-12)10-19(5-4-18-15)9-11-6-13(16)8-14(17)7-11/h6-8,12,18H,2-5,9-10H2,1H3. The Balaban J connectivity index is 1.68. The molecule has 3 rings (SSSR count). The summed E-state index contributed by atoms with van der Waals surface area (Å²) in [5.74, 6) is -0.218. The number of halogens is 2. The quantitative estimate of drug-likeness (QED) is 0.904. The molecule has 0 bridgehead atoms. The van der Waals surface area contributed by atoms with Gasteiger partial charge in [0.05, 0.1) is 0 Å². The fourth-order valence-corrected chi connectivity index (χ4v) is 3.19. The predicted octanol–water partition coefficient (Wildman–Crippen LogP) is 2.54. The second kappa shape index (κ2) is 4.84. The molecule has 1 aliphatic heterocycles. The van der Waals surface area contributed by atoms with Crippen LogP contribution in [-0.4, -0.2) is 30.1 Å². The van der Waals surface area contributed by atoms with Crippen LogP contribution >= 0.6 is 0 Å². The van der Waals surface area contributed by atoms with Crippen LogP contribution in [0.25, 0.3) is 0 Å². The highest BCUT2D eigenvalue weighted by Gasteiger charge is 2.43. The molecule has 104 valence electrons. The molecule has 4 heteroatoms. The third kappa shape index (κ3) is 2.95. The molecule has 1 heterocycles. The van der Waals surface area contributed by atoms with Crippen LogP contribution in [0, 0.1) is 17.6 Å². The van der Waals surface area contributed by atoms with Gasteiger partial charge in [-0.05, 0) is 43.4 Å². The summed E-state index contributed by atoms with van der Waals surface area (Å²) in [7, 11) is 0. The van der Waals surface area contributed by atoms with Gasteiger partial charge in [-0.1, -0.05) is 0 Å². The van der Waals surface area contributed by atoms with Crippen LogP contribution in [-0.2, 0) is 6.54 Å². The Bertz CT molecular complexity index is 453. The lowest BCUT2D eigenvalue weighted by Gasteiger charge is -2.42. The number of nitrogens with one attached hydrogen (secondary N) is 1.